The molecular weight excluding hydrogens is 298 g/mol. The predicted octanol–water partition coefficient (Wildman–Crippen LogP) is 2.90. The van der Waals surface area contributed by atoms with Gasteiger partial charge in [0.1, 0.15) is 11.6 Å². The largest absolute Gasteiger partial charge is 0.363 e. The van der Waals surface area contributed by atoms with Crippen molar-refractivity contribution in [2.24, 2.45) is 5.92 Å². The van der Waals surface area contributed by atoms with Crippen molar-refractivity contribution in [3.8, 4) is 6.07 Å². The Hall–Kier alpha value is -2.45. The highest BCUT2D eigenvalue weighted by Gasteiger charge is 2.30. The second-order valence-corrected chi connectivity index (χ2v) is 6.65. The van der Waals surface area contributed by atoms with Crippen molar-refractivity contribution in [3.63, 3.8) is 0 Å². The predicted molar refractivity (Wildman–Crippen MR) is 94.5 cm³/mol. The van der Waals surface area contributed by atoms with Gasteiger partial charge in [-0.25, -0.2) is 0 Å². The van der Waals surface area contributed by atoms with E-state index in [4.69, 9.17) is 0 Å². The quantitative estimate of drug-likeness (QED) is 0.938. The number of hydrogen-bond donors (Lipinski definition) is 1. The molecule has 1 aromatic heterocycles. The average Bonchev–Trinajstić information content (AvgIpc) is 2.91. The van der Waals surface area contributed by atoms with Crippen LogP contribution < -0.4 is 5.32 Å². The van der Waals surface area contributed by atoms with Gasteiger partial charge in [0.15, 0.2) is 5.82 Å². The number of benzene rings is 1. The highest BCUT2D eigenvalue weighted by atomic mass is 15.2. The molecule has 2 unspecified atom stereocenters. The SMILES string of the molecule is Cc1nnc(NC2CN(Cc3ccccc3)CC2C)c(C#N)c1C. The molecule has 0 saturated carbocycles. The Balaban J connectivity index is 1.71. The Morgan fingerprint density at radius 3 is 2.67 bits per heavy atom. The summed E-state index contributed by atoms with van der Waals surface area (Å²) in [5.74, 6) is 1.10. The Kier molecular flexibility index (Phi) is 4.77. The van der Waals surface area contributed by atoms with Crippen molar-refractivity contribution < 1.29 is 0 Å². The van der Waals surface area contributed by atoms with Crippen LogP contribution in [0, 0.1) is 31.1 Å². The van der Waals surface area contributed by atoms with Gasteiger partial charge in [0.2, 0.25) is 0 Å². The van der Waals surface area contributed by atoms with Crippen LogP contribution in [0.1, 0.15) is 29.3 Å². The molecule has 1 aliphatic heterocycles. The molecule has 1 N–H and O–H groups in total. The highest BCUT2D eigenvalue weighted by molar-refractivity contribution is 5.56. The Morgan fingerprint density at radius 1 is 1.21 bits per heavy atom. The lowest BCUT2D eigenvalue weighted by molar-refractivity contribution is 0.319. The van der Waals surface area contributed by atoms with Crippen molar-refractivity contribution >= 4 is 5.82 Å². The van der Waals surface area contributed by atoms with Crippen LogP contribution in [0.3, 0.4) is 0 Å². The molecule has 1 fully saturated rings. The maximum Gasteiger partial charge on any atom is 0.167 e. The Bertz CT molecular complexity index is 750. The first kappa shape index (κ1) is 16.4. The standard InChI is InChI=1S/C19H23N5/c1-13-10-24(11-16-7-5-4-6-8-16)12-18(13)21-19-17(9-20)14(2)15(3)22-23-19/h4-8,13,18H,10-12H2,1-3H3,(H,21,23). The van der Waals surface area contributed by atoms with Crippen LogP contribution in [0.2, 0.25) is 0 Å². The van der Waals surface area contributed by atoms with E-state index in [0.717, 1.165) is 30.9 Å². The normalized spacial score (nSPS) is 20.8. The van der Waals surface area contributed by atoms with E-state index in [0.29, 0.717) is 17.3 Å². The smallest absolute Gasteiger partial charge is 0.167 e. The summed E-state index contributed by atoms with van der Waals surface area (Å²) in [5.41, 5.74) is 3.65. The number of nitrogens with zero attached hydrogens (tertiary/aromatic N) is 4. The van der Waals surface area contributed by atoms with Gasteiger partial charge in [-0.3, -0.25) is 4.90 Å². The van der Waals surface area contributed by atoms with E-state index in [2.05, 4.69) is 57.7 Å². The third-order valence-corrected chi connectivity index (χ3v) is 4.83. The van der Waals surface area contributed by atoms with E-state index in [1.54, 1.807) is 0 Å². The maximum atomic E-state index is 9.44. The van der Waals surface area contributed by atoms with Crippen molar-refractivity contribution in [3.05, 3.63) is 52.7 Å². The zero-order valence-corrected chi connectivity index (χ0v) is 14.5. The lowest BCUT2D eigenvalue weighted by Gasteiger charge is -2.19. The fraction of sp³-hybridized carbons (Fsp3) is 0.421. The van der Waals surface area contributed by atoms with Gasteiger partial charge in [-0.1, -0.05) is 37.3 Å². The molecule has 1 aliphatic rings. The molecule has 2 atom stereocenters. The average molecular weight is 321 g/mol. The number of aromatic nitrogens is 2. The first-order valence-corrected chi connectivity index (χ1v) is 8.35. The second kappa shape index (κ2) is 6.98. The molecule has 5 nitrogen and oxygen atoms in total. The number of likely N-dealkylation sites (tertiary alicyclic amines) is 1. The Labute approximate surface area is 143 Å². The third-order valence-electron chi connectivity index (χ3n) is 4.83. The van der Waals surface area contributed by atoms with Gasteiger partial charge < -0.3 is 5.32 Å². The summed E-state index contributed by atoms with van der Waals surface area (Å²) in [5, 5.41) is 21.3. The number of rotatable bonds is 4. The molecule has 24 heavy (non-hydrogen) atoms. The fourth-order valence-corrected chi connectivity index (χ4v) is 3.25. The first-order valence-electron chi connectivity index (χ1n) is 8.35. The van der Waals surface area contributed by atoms with Gasteiger partial charge in [0.05, 0.1) is 5.69 Å². The van der Waals surface area contributed by atoms with Crippen molar-refractivity contribution in [1.29, 1.82) is 5.26 Å². The van der Waals surface area contributed by atoms with Gasteiger partial charge in [-0.2, -0.15) is 10.4 Å². The minimum absolute atomic E-state index is 0.275. The molecule has 124 valence electrons. The molecule has 0 spiro atoms. The lowest BCUT2D eigenvalue weighted by atomic mass is 10.1. The van der Waals surface area contributed by atoms with E-state index in [1.165, 1.54) is 5.56 Å². The number of anilines is 1. The highest BCUT2D eigenvalue weighted by Crippen LogP contribution is 2.24. The summed E-state index contributed by atoms with van der Waals surface area (Å²) in [6, 6.07) is 13.1. The number of hydrogen-bond acceptors (Lipinski definition) is 5. The molecule has 2 heterocycles. The molecule has 1 saturated heterocycles. The summed E-state index contributed by atoms with van der Waals surface area (Å²) < 4.78 is 0. The van der Waals surface area contributed by atoms with Crippen LogP contribution in [0.25, 0.3) is 0 Å². The second-order valence-electron chi connectivity index (χ2n) is 6.65. The van der Waals surface area contributed by atoms with E-state index >= 15 is 0 Å². The minimum atomic E-state index is 0.275. The number of nitrogens with one attached hydrogen (secondary N) is 1. The summed E-state index contributed by atoms with van der Waals surface area (Å²) in [7, 11) is 0. The third kappa shape index (κ3) is 3.39. The van der Waals surface area contributed by atoms with E-state index < -0.39 is 0 Å². The number of nitriles is 1. The van der Waals surface area contributed by atoms with Crippen LogP contribution in [0.4, 0.5) is 5.82 Å². The number of aryl methyl sites for hydroxylation is 1. The van der Waals surface area contributed by atoms with Gasteiger partial charge >= 0.3 is 0 Å². The van der Waals surface area contributed by atoms with Crippen molar-refractivity contribution in [2.75, 3.05) is 18.4 Å². The maximum absolute atomic E-state index is 9.44. The van der Waals surface area contributed by atoms with Crippen molar-refractivity contribution in [2.45, 2.75) is 33.4 Å². The van der Waals surface area contributed by atoms with Gasteiger partial charge in [0, 0.05) is 25.7 Å². The summed E-state index contributed by atoms with van der Waals surface area (Å²) in [6.45, 7) is 8.97. The summed E-state index contributed by atoms with van der Waals surface area (Å²) in [4.78, 5) is 2.44. The molecule has 3 rings (SSSR count). The summed E-state index contributed by atoms with van der Waals surface area (Å²) in [6.07, 6.45) is 0. The summed E-state index contributed by atoms with van der Waals surface area (Å²) >= 11 is 0. The van der Waals surface area contributed by atoms with Crippen molar-refractivity contribution in [1.82, 2.24) is 15.1 Å². The van der Waals surface area contributed by atoms with Crippen LogP contribution in [-0.2, 0) is 6.54 Å². The molecular formula is C19H23N5. The molecule has 1 aromatic carbocycles. The molecule has 0 bridgehead atoms. The minimum Gasteiger partial charge on any atom is -0.363 e. The van der Waals surface area contributed by atoms with Crippen LogP contribution >= 0.6 is 0 Å². The zero-order valence-electron chi connectivity index (χ0n) is 14.5. The van der Waals surface area contributed by atoms with Gasteiger partial charge in [-0.15, -0.1) is 5.10 Å². The van der Waals surface area contributed by atoms with Crippen LogP contribution in [0.5, 0.6) is 0 Å². The molecule has 0 aliphatic carbocycles. The van der Waals surface area contributed by atoms with Crippen LogP contribution in [-0.4, -0.2) is 34.2 Å². The molecule has 0 amide bonds. The monoisotopic (exact) mass is 321 g/mol. The molecule has 2 aromatic rings. The van der Waals surface area contributed by atoms with Gasteiger partial charge in [-0.05, 0) is 30.9 Å². The van der Waals surface area contributed by atoms with E-state index in [9.17, 15) is 5.26 Å². The topological polar surface area (TPSA) is 64.8 Å². The molecule has 5 heteroatoms. The van der Waals surface area contributed by atoms with E-state index in [1.807, 2.05) is 19.9 Å². The lowest BCUT2D eigenvalue weighted by Crippen LogP contribution is -2.29. The van der Waals surface area contributed by atoms with E-state index in [-0.39, 0.29) is 6.04 Å². The zero-order chi connectivity index (χ0) is 17.1. The Morgan fingerprint density at radius 2 is 1.96 bits per heavy atom. The first-order chi connectivity index (χ1) is 11.6. The fourth-order valence-electron chi connectivity index (χ4n) is 3.25. The van der Waals surface area contributed by atoms with Gasteiger partial charge in [0.25, 0.3) is 0 Å². The molecule has 0 radical (unpaired) electrons. The van der Waals surface area contributed by atoms with Crippen LogP contribution in [0.15, 0.2) is 30.3 Å².